The maximum atomic E-state index is 11.7. The van der Waals surface area contributed by atoms with E-state index in [0.29, 0.717) is 5.69 Å². The van der Waals surface area contributed by atoms with E-state index in [-0.39, 0.29) is 0 Å². The maximum Gasteiger partial charge on any atom is 0.322 e. The highest BCUT2D eigenvalue weighted by molar-refractivity contribution is 7.93. The Morgan fingerprint density at radius 2 is 2.00 bits per heavy atom. The number of sulfonamides is 1. The third kappa shape index (κ3) is 3.58. The molecule has 0 saturated carbocycles. The molecule has 8 heteroatoms. The van der Waals surface area contributed by atoms with Gasteiger partial charge in [0.25, 0.3) is 0 Å². The quantitative estimate of drug-likeness (QED) is 0.801. The van der Waals surface area contributed by atoms with E-state index in [1.165, 1.54) is 0 Å². The Kier molecular flexibility index (Phi) is 4.04. The van der Waals surface area contributed by atoms with Gasteiger partial charge in [-0.25, -0.2) is 8.42 Å². The summed E-state index contributed by atoms with van der Waals surface area (Å²) in [4.78, 5) is 11.0. The van der Waals surface area contributed by atoms with Crippen LogP contribution < -0.4 is 4.72 Å². The molecule has 106 valence electrons. The van der Waals surface area contributed by atoms with Crippen LogP contribution in [-0.4, -0.2) is 37.4 Å². The molecular formula is C12H13N3O4S. The molecule has 0 saturated heterocycles. The molecular weight excluding hydrogens is 282 g/mol. The standard InChI is InChI=1S/C12H13N3O4S/c1-19-12(16)8-20(17,18)15-10-4-2-9(3-5-10)11-6-7-13-14-11/h2-7,15H,8H2,1H3,(H,13,14). The monoisotopic (exact) mass is 295 g/mol. The van der Waals surface area contributed by atoms with E-state index in [2.05, 4.69) is 19.7 Å². The molecule has 0 aliphatic carbocycles. The van der Waals surface area contributed by atoms with Crippen LogP contribution in [0.3, 0.4) is 0 Å². The summed E-state index contributed by atoms with van der Waals surface area (Å²) in [6.07, 6.45) is 1.63. The van der Waals surface area contributed by atoms with Gasteiger partial charge in [0.05, 0.1) is 12.8 Å². The number of nitrogens with zero attached hydrogens (tertiary/aromatic N) is 1. The number of rotatable bonds is 5. The zero-order chi connectivity index (χ0) is 14.6. The summed E-state index contributed by atoms with van der Waals surface area (Å²) in [5.74, 6) is -1.53. The number of carbonyl (C=O) groups is 1. The number of benzene rings is 1. The smallest absolute Gasteiger partial charge is 0.322 e. The number of esters is 1. The average Bonchev–Trinajstić information content (AvgIpc) is 2.92. The van der Waals surface area contributed by atoms with Crippen molar-refractivity contribution in [2.45, 2.75) is 0 Å². The number of ether oxygens (including phenoxy) is 1. The van der Waals surface area contributed by atoms with Gasteiger partial charge in [-0.1, -0.05) is 12.1 Å². The average molecular weight is 295 g/mol. The topological polar surface area (TPSA) is 101 Å². The second-order valence-corrected chi connectivity index (χ2v) is 5.71. The van der Waals surface area contributed by atoms with Crippen molar-refractivity contribution >= 4 is 21.7 Å². The Bertz CT molecular complexity index is 678. The lowest BCUT2D eigenvalue weighted by Crippen LogP contribution is -2.23. The van der Waals surface area contributed by atoms with E-state index >= 15 is 0 Å². The fourth-order valence-corrected chi connectivity index (χ4v) is 2.56. The van der Waals surface area contributed by atoms with E-state index in [0.717, 1.165) is 18.4 Å². The number of H-pyrrole nitrogens is 1. The molecule has 1 aromatic carbocycles. The van der Waals surface area contributed by atoms with Gasteiger partial charge < -0.3 is 4.74 Å². The minimum Gasteiger partial charge on any atom is -0.468 e. The number of carbonyl (C=O) groups excluding carboxylic acids is 1. The minimum absolute atomic E-state index is 0.372. The summed E-state index contributed by atoms with van der Waals surface area (Å²) in [5.41, 5.74) is 2.07. The molecule has 0 bridgehead atoms. The molecule has 0 amide bonds. The lowest BCUT2D eigenvalue weighted by molar-refractivity contribution is -0.137. The third-order valence-electron chi connectivity index (χ3n) is 2.51. The highest BCUT2D eigenvalue weighted by atomic mass is 32.2. The predicted molar refractivity (Wildman–Crippen MR) is 73.4 cm³/mol. The van der Waals surface area contributed by atoms with Crippen LogP contribution in [0, 0.1) is 0 Å². The third-order valence-corrected chi connectivity index (χ3v) is 3.67. The normalized spacial score (nSPS) is 11.1. The van der Waals surface area contributed by atoms with Crippen LogP contribution in [0.1, 0.15) is 0 Å². The Morgan fingerprint density at radius 3 is 2.55 bits per heavy atom. The van der Waals surface area contributed by atoms with E-state index < -0.39 is 21.7 Å². The van der Waals surface area contributed by atoms with Crippen molar-refractivity contribution < 1.29 is 17.9 Å². The van der Waals surface area contributed by atoms with Crippen LogP contribution in [-0.2, 0) is 19.6 Å². The lowest BCUT2D eigenvalue weighted by atomic mass is 10.1. The summed E-state index contributed by atoms with van der Waals surface area (Å²) in [5, 5.41) is 6.64. The predicted octanol–water partition coefficient (Wildman–Crippen LogP) is 0.991. The maximum absolute atomic E-state index is 11.7. The van der Waals surface area contributed by atoms with Gasteiger partial charge in [-0.15, -0.1) is 0 Å². The van der Waals surface area contributed by atoms with Crippen molar-refractivity contribution in [2.24, 2.45) is 0 Å². The second-order valence-electron chi connectivity index (χ2n) is 3.98. The Morgan fingerprint density at radius 1 is 1.30 bits per heavy atom. The first kappa shape index (κ1) is 14.1. The second kappa shape index (κ2) is 5.74. The van der Waals surface area contributed by atoms with Crippen molar-refractivity contribution in [2.75, 3.05) is 17.6 Å². The molecule has 2 N–H and O–H groups in total. The zero-order valence-corrected chi connectivity index (χ0v) is 11.5. The van der Waals surface area contributed by atoms with Gasteiger partial charge in [0.1, 0.15) is 0 Å². The first-order valence-corrected chi connectivity index (χ1v) is 7.32. The molecule has 1 heterocycles. The Hall–Kier alpha value is -2.35. The van der Waals surface area contributed by atoms with Crippen molar-refractivity contribution in [3.05, 3.63) is 36.5 Å². The number of aromatic amines is 1. The molecule has 0 aliphatic rings. The summed E-state index contributed by atoms with van der Waals surface area (Å²) >= 11 is 0. The van der Waals surface area contributed by atoms with Gasteiger partial charge in [0.15, 0.2) is 5.75 Å². The fraction of sp³-hybridized carbons (Fsp3) is 0.167. The van der Waals surface area contributed by atoms with Crippen LogP contribution in [0.5, 0.6) is 0 Å². The molecule has 0 radical (unpaired) electrons. The minimum atomic E-state index is -3.76. The Labute approximate surface area is 116 Å². The van der Waals surface area contributed by atoms with E-state index in [4.69, 9.17) is 0 Å². The van der Waals surface area contributed by atoms with Gasteiger partial charge in [0.2, 0.25) is 10.0 Å². The summed E-state index contributed by atoms with van der Waals surface area (Å²) in [7, 11) is -2.62. The molecule has 7 nitrogen and oxygen atoms in total. The number of methoxy groups -OCH3 is 1. The Balaban J connectivity index is 2.09. The molecule has 1 aromatic heterocycles. The summed E-state index contributed by atoms with van der Waals surface area (Å²) in [6.45, 7) is 0. The van der Waals surface area contributed by atoms with Crippen LogP contribution in [0.25, 0.3) is 11.3 Å². The SMILES string of the molecule is COC(=O)CS(=O)(=O)Nc1ccc(-c2ccn[nH]2)cc1. The summed E-state index contributed by atoms with van der Waals surface area (Å²) in [6, 6.07) is 8.49. The zero-order valence-electron chi connectivity index (χ0n) is 10.7. The largest absolute Gasteiger partial charge is 0.468 e. The van der Waals surface area contributed by atoms with Gasteiger partial charge in [-0.05, 0) is 23.8 Å². The highest BCUT2D eigenvalue weighted by Gasteiger charge is 2.16. The first-order chi connectivity index (χ1) is 9.50. The molecule has 0 fully saturated rings. The van der Waals surface area contributed by atoms with Crippen LogP contribution >= 0.6 is 0 Å². The molecule has 2 rings (SSSR count). The van der Waals surface area contributed by atoms with Crippen molar-refractivity contribution in [3.63, 3.8) is 0 Å². The number of hydrogen-bond donors (Lipinski definition) is 2. The van der Waals surface area contributed by atoms with Crippen molar-refractivity contribution in [1.82, 2.24) is 10.2 Å². The first-order valence-electron chi connectivity index (χ1n) is 5.67. The van der Waals surface area contributed by atoms with Crippen LogP contribution in [0.2, 0.25) is 0 Å². The highest BCUT2D eigenvalue weighted by Crippen LogP contribution is 2.19. The van der Waals surface area contributed by atoms with Crippen molar-refractivity contribution in [3.8, 4) is 11.3 Å². The fourth-order valence-electron chi connectivity index (χ4n) is 1.56. The number of anilines is 1. The van der Waals surface area contributed by atoms with Gasteiger partial charge in [0, 0.05) is 11.9 Å². The van der Waals surface area contributed by atoms with Crippen LogP contribution in [0.4, 0.5) is 5.69 Å². The number of hydrogen-bond acceptors (Lipinski definition) is 5. The summed E-state index contributed by atoms with van der Waals surface area (Å²) < 4.78 is 29.9. The molecule has 0 aliphatic heterocycles. The van der Waals surface area contributed by atoms with Gasteiger partial charge in [-0.2, -0.15) is 5.10 Å². The lowest BCUT2D eigenvalue weighted by Gasteiger charge is -2.07. The molecule has 0 spiro atoms. The molecule has 2 aromatic rings. The van der Waals surface area contributed by atoms with E-state index in [9.17, 15) is 13.2 Å². The van der Waals surface area contributed by atoms with Crippen LogP contribution in [0.15, 0.2) is 36.5 Å². The molecule has 0 atom stereocenters. The van der Waals surface area contributed by atoms with E-state index in [1.54, 1.807) is 36.5 Å². The van der Waals surface area contributed by atoms with Gasteiger partial charge in [-0.3, -0.25) is 14.6 Å². The molecule has 0 unspecified atom stereocenters. The van der Waals surface area contributed by atoms with E-state index in [1.807, 2.05) is 0 Å². The number of nitrogens with one attached hydrogen (secondary N) is 2. The van der Waals surface area contributed by atoms with Crippen molar-refractivity contribution in [1.29, 1.82) is 0 Å². The number of aromatic nitrogens is 2. The van der Waals surface area contributed by atoms with Gasteiger partial charge >= 0.3 is 5.97 Å². The molecule has 20 heavy (non-hydrogen) atoms.